The van der Waals surface area contributed by atoms with Crippen LogP contribution in [0.2, 0.25) is 5.02 Å². The van der Waals surface area contributed by atoms with E-state index in [-0.39, 0.29) is 10.9 Å². The van der Waals surface area contributed by atoms with Crippen molar-refractivity contribution in [1.29, 1.82) is 0 Å². The number of sulfonamides is 1. The van der Waals surface area contributed by atoms with Crippen molar-refractivity contribution in [3.8, 4) is 0 Å². The lowest BCUT2D eigenvalue weighted by Crippen LogP contribution is -2.43. The molecular weight excluding hydrogens is 360 g/mol. The Morgan fingerprint density at radius 1 is 1.04 bits per heavy atom. The quantitative estimate of drug-likeness (QED) is 0.837. The third-order valence-electron chi connectivity index (χ3n) is 4.17. The first-order valence-corrected chi connectivity index (χ1v) is 10.0. The second-order valence-electron chi connectivity index (χ2n) is 5.95. The molecule has 0 aliphatic carbocycles. The Balaban J connectivity index is 1.82. The van der Waals surface area contributed by atoms with Gasteiger partial charge in [0, 0.05) is 24.7 Å². The van der Waals surface area contributed by atoms with E-state index in [1.165, 1.54) is 12.1 Å². The fourth-order valence-corrected chi connectivity index (χ4v) is 4.15. The molecule has 0 spiro atoms. The number of nitrogens with one attached hydrogen (secondary N) is 1. The van der Waals surface area contributed by atoms with Crippen molar-refractivity contribution in [2.45, 2.75) is 10.9 Å². The van der Waals surface area contributed by atoms with Crippen molar-refractivity contribution in [2.24, 2.45) is 0 Å². The number of ether oxygens (including phenoxy) is 1. The normalized spacial score (nSPS) is 17.3. The van der Waals surface area contributed by atoms with Crippen LogP contribution >= 0.6 is 11.6 Å². The van der Waals surface area contributed by atoms with Crippen molar-refractivity contribution >= 4 is 21.6 Å². The lowest BCUT2D eigenvalue weighted by Gasteiger charge is -2.31. The van der Waals surface area contributed by atoms with Crippen LogP contribution in [0.3, 0.4) is 0 Å². The van der Waals surface area contributed by atoms with E-state index in [4.69, 9.17) is 16.3 Å². The number of morpholine rings is 1. The van der Waals surface area contributed by atoms with Crippen molar-refractivity contribution in [3.63, 3.8) is 0 Å². The number of benzene rings is 2. The summed E-state index contributed by atoms with van der Waals surface area (Å²) in [5.41, 5.74) is 0.937. The fourth-order valence-electron chi connectivity index (χ4n) is 2.81. The first kappa shape index (κ1) is 18.4. The number of halogens is 1. The van der Waals surface area contributed by atoms with Gasteiger partial charge in [0.05, 0.1) is 24.2 Å². The lowest BCUT2D eigenvalue weighted by molar-refractivity contribution is 0.0345. The SMILES string of the molecule is O=S(=O)(N[C@H](CN1CCOCC1)c1ccccc1)c1ccc(Cl)cc1. The third kappa shape index (κ3) is 5.03. The Bertz CT molecular complexity index is 776. The zero-order valence-corrected chi connectivity index (χ0v) is 15.3. The Labute approximate surface area is 153 Å². The van der Waals surface area contributed by atoms with E-state index < -0.39 is 10.0 Å². The molecule has 2 aromatic rings. The Morgan fingerprint density at radius 3 is 2.32 bits per heavy atom. The largest absolute Gasteiger partial charge is 0.379 e. The van der Waals surface area contributed by atoms with Gasteiger partial charge < -0.3 is 4.74 Å². The summed E-state index contributed by atoms with van der Waals surface area (Å²) < 4.78 is 33.8. The minimum atomic E-state index is -3.64. The molecule has 1 heterocycles. The third-order valence-corrected chi connectivity index (χ3v) is 5.91. The summed E-state index contributed by atoms with van der Waals surface area (Å²) in [6, 6.07) is 15.5. The maximum atomic E-state index is 12.8. The maximum Gasteiger partial charge on any atom is 0.241 e. The van der Waals surface area contributed by atoms with Gasteiger partial charge in [0.15, 0.2) is 0 Å². The van der Waals surface area contributed by atoms with E-state index in [1.54, 1.807) is 12.1 Å². The molecule has 0 radical (unpaired) electrons. The molecule has 3 rings (SSSR count). The van der Waals surface area contributed by atoms with Gasteiger partial charge in [0.2, 0.25) is 10.0 Å². The van der Waals surface area contributed by atoms with Crippen LogP contribution in [0.4, 0.5) is 0 Å². The predicted molar refractivity (Wildman–Crippen MR) is 98.2 cm³/mol. The van der Waals surface area contributed by atoms with Crippen LogP contribution < -0.4 is 4.72 Å². The van der Waals surface area contributed by atoms with Crippen LogP contribution in [0.15, 0.2) is 59.5 Å². The smallest absolute Gasteiger partial charge is 0.241 e. The van der Waals surface area contributed by atoms with E-state index in [9.17, 15) is 8.42 Å². The summed E-state index contributed by atoms with van der Waals surface area (Å²) >= 11 is 5.86. The first-order valence-electron chi connectivity index (χ1n) is 8.17. The molecule has 1 atom stereocenters. The Morgan fingerprint density at radius 2 is 1.68 bits per heavy atom. The van der Waals surface area contributed by atoms with Crippen molar-refractivity contribution in [1.82, 2.24) is 9.62 Å². The molecule has 1 saturated heterocycles. The predicted octanol–water partition coefficient (Wildman–Crippen LogP) is 2.69. The highest BCUT2D eigenvalue weighted by Crippen LogP contribution is 2.20. The summed E-state index contributed by atoms with van der Waals surface area (Å²) in [7, 11) is -3.64. The molecule has 1 aliphatic heterocycles. The highest BCUT2D eigenvalue weighted by atomic mass is 35.5. The van der Waals surface area contributed by atoms with Crippen molar-refractivity contribution < 1.29 is 13.2 Å². The van der Waals surface area contributed by atoms with Gasteiger partial charge in [-0.15, -0.1) is 0 Å². The van der Waals surface area contributed by atoms with Crippen LogP contribution in [0, 0.1) is 0 Å². The number of rotatable bonds is 6. The maximum absolute atomic E-state index is 12.8. The van der Waals surface area contributed by atoms with Crippen LogP contribution in [-0.2, 0) is 14.8 Å². The molecule has 134 valence electrons. The lowest BCUT2D eigenvalue weighted by atomic mass is 10.1. The van der Waals surface area contributed by atoms with E-state index in [2.05, 4.69) is 9.62 Å². The monoisotopic (exact) mass is 380 g/mol. The van der Waals surface area contributed by atoms with Gasteiger partial charge >= 0.3 is 0 Å². The van der Waals surface area contributed by atoms with Crippen molar-refractivity contribution in [2.75, 3.05) is 32.8 Å². The molecule has 0 saturated carbocycles. The minimum Gasteiger partial charge on any atom is -0.379 e. The van der Waals surface area contributed by atoms with Gasteiger partial charge in [-0.1, -0.05) is 41.9 Å². The Kier molecular flexibility index (Phi) is 6.09. The summed E-state index contributed by atoms with van der Waals surface area (Å²) in [5.74, 6) is 0. The first-order chi connectivity index (χ1) is 12.0. The van der Waals surface area contributed by atoms with Crippen LogP contribution in [0.5, 0.6) is 0 Å². The number of nitrogens with zero attached hydrogens (tertiary/aromatic N) is 1. The van der Waals surface area contributed by atoms with Gasteiger partial charge in [-0.2, -0.15) is 0 Å². The highest BCUT2D eigenvalue weighted by Gasteiger charge is 2.24. The van der Waals surface area contributed by atoms with Gasteiger partial charge in [-0.3, -0.25) is 4.90 Å². The molecule has 5 nitrogen and oxygen atoms in total. The van der Waals surface area contributed by atoms with E-state index >= 15 is 0 Å². The van der Waals surface area contributed by atoms with Crippen molar-refractivity contribution in [3.05, 3.63) is 65.2 Å². The zero-order valence-electron chi connectivity index (χ0n) is 13.8. The summed E-state index contributed by atoms with van der Waals surface area (Å²) in [5, 5.41) is 0.506. The molecule has 1 N–H and O–H groups in total. The van der Waals surface area contributed by atoms with E-state index in [0.717, 1.165) is 18.7 Å². The van der Waals surface area contributed by atoms with Gasteiger partial charge in [0.25, 0.3) is 0 Å². The second-order valence-corrected chi connectivity index (χ2v) is 8.10. The average Bonchev–Trinajstić information content (AvgIpc) is 2.63. The fraction of sp³-hybridized carbons (Fsp3) is 0.333. The number of hydrogen-bond acceptors (Lipinski definition) is 4. The molecule has 0 amide bonds. The van der Waals surface area contributed by atoms with Crippen LogP contribution in [0.1, 0.15) is 11.6 Å². The topological polar surface area (TPSA) is 58.6 Å². The molecule has 0 bridgehead atoms. The summed E-state index contributed by atoms with van der Waals surface area (Å²) in [6.45, 7) is 3.54. The molecular formula is C18H21ClN2O3S. The summed E-state index contributed by atoms with van der Waals surface area (Å²) in [4.78, 5) is 2.42. The molecule has 7 heteroatoms. The standard InChI is InChI=1S/C18H21ClN2O3S/c19-16-6-8-17(9-7-16)25(22,23)20-18(15-4-2-1-3-5-15)14-21-10-12-24-13-11-21/h1-9,18,20H,10-14H2/t18-/m1/s1. The van der Waals surface area contributed by atoms with Crippen LogP contribution in [0.25, 0.3) is 0 Å². The Hall–Kier alpha value is -1.44. The second kappa shape index (κ2) is 8.29. The highest BCUT2D eigenvalue weighted by molar-refractivity contribution is 7.89. The molecule has 1 fully saturated rings. The van der Waals surface area contributed by atoms with E-state index in [0.29, 0.717) is 24.8 Å². The van der Waals surface area contributed by atoms with Gasteiger partial charge in [-0.25, -0.2) is 13.1 Å². The molecule has 0 aromatic heterocycles. The molecule has 2 aromatic carbocycles. The summed E-state index contributed by atoms with van der Waals surface area (Å²) in [6.07, 6.45) is 0. The van der Waals surface area contributed by atoms with E-state index in [1.807, 2.05) is 30.3 Å². The molecule has 0 unspecified atom stereocenters. The zero-order chi connectivity index (χ0) is 17.7. The van der Waals surface area contributed by atoms with Gasteiger partial charge in [-0.05, 0) is 29.8 Å². The van der Waals surface area contributed by atoms with Gasteiger partial charge in [0.1, 0.15) is 0 Å². The molecule has 1 aliphatic rings. The average molecular weight is 381 g/mol. The minimum absolute atomic E-state index is 0.208. The van der Waals surface area contributed by atoms with Crippen LogP contribution in [-0.4, -0.2) is 46.2 Å². The number of hydrogen-bond donors (Lipinski definition) is 1. The molecule has 25 heavy (non-hydrogen) atoms.